The second kappa shape index (κ2) is 6.02. The van der Waals surface area contributed by atoms with Crippen LogP contribution in [0.2, 0.25) is 0 Å². The van der Waals surface area contributed by atoms with Crippen molar-refractivity contribution >= 4 is 29.7 Å². The summed E-state index contributed by atoms with van der Waals surface area (Å²) in [5.41, 5.74) is 5.58. The molecule has 0 saturated heterocycles. The van der Waals surface area contributed by atoms with Crippen molar-refractivity contribution in [2.75, 3.05) is 11.1 Å². The second-order valence-corrected chi connectivity index (χ2v) is 7.11. The van der Waals surface area contributed by atoms with Crippen LogP contribution in [0.25, 0.3) is 0 Å². The summed E-state index contributed by atoms with van der Waals surface area (Å²) in [6.45, 7) is 3.36. The van der Waals surface area contributed by atoms with Gasteiger partial charge >= 0.3 is 12.0 Å². The molecule has 1 fully saturated rings. The third-order valence-corrected chi connectivity index (χ3v) is 4.61. The Balaban J connectivity index is 1.82. The predicted octanol–water partition coefficient (Wildman–Crippen LogP) is 0.809. The summed E-state index contributed by atoms with van der Waals surface area (Å²) < 4.78 is 4.55. The van der Waals surface area contributed by atoms with Crippen LogP contribution in [0.5, 0.6) is 0 Å². The molecule has 1 aromatic heterocycles. The van der Waals surface area contributed by atoms with E-state index in [0.717, 1.165) is 24.6 Å². The molecule has 1 atom stereocenters. The molecule has 21 heavy (non-hydrogen) atoms. The lowest BCUT2D eigenvalue weighted by Crippen LogP contribution is -2.47. The van der Waals surface area contributed by atoms with E-state index in [0.29, 0.717) is 11.8 Å². The number of anilines is 1. The van der Waals surface area contributed by atoms with E-state index in [-0.39, 0.29) is 17.7 Å². The Kier molecular flexibility index (Phi) is 4.52. The van der Waals surface area contributed by atoms with E-state index in [1.54, 1.807) is 13.8 Å². The normalized spacial score (nSPS) is 16.5. The van der Waals surface area contributed by atoms with Gasteiger partial charge in [-0.1, -0.05) is 5.10 Å². The molecule has 1 aromatic rings. The monoisotopic (exact) mass is 314 g/mol. The van der Waals surface area contributed by atoms with Crippen molar-refractivity contribution in [2.24, 2.45) is 5.73 Å². The maximum atomic E-state index is 11.8. The molecule has 8 nitrogen and oxygen atoms in total. The lowest BCUT2D eigenvalue weighted by Gasteiger charge is -2.27. The van der Waals surface area contributed by atoms with Crippen molar-refractivity contribution in [2.45, 2.75) is 43.4 Å². The Morgan fingerprint density at radius 2 is 2.19 bits per heavy atom. The van der Waals surface area contributed by atoms with Crippen molar-refractivity contribution in [1.29, 1.82) is 0 Å². The topological polar surface area (TPSA) is 131 Å². The van der Waals surface area contributed by atoms with Crippen LogP contribution in [0.1, 0.15) is 38.5 Å². The lowest BCUT2D eigenvalue weighted by atomic mass is 10.1. The largest absolute Gasteiger partial charge is 0.480 e. The first-order valence-corrected chi connectivity index (χ1v) is 7.54. The van der Waals surface area contributed by atoms with Crippen molar-refractivity contribution in [1.82, 2.24) is 10.2 Å². The fourth-order valence-corrected chi connectivity index (χ4v) is 2.43. The Morgan fingerprint density at radius 1 is 1.52 bits per heavy atom. The molecule has 0 aliphatic heterocycles. The van der Waals surface area contributed by atoms with Crippen molar-refractivity contribution in [3.05, 3.63) is 5.89 Å². The van der Waals surface area contributed by atoms with Gasteiger partial charge in [-0.25, -0.2) is 0 Å². The molecule has 0 aromatic carbocycles. The van der Waals surface area contributed by atoms with Crippen molar-refractivity contribution in [3.63, 3.8) is 0 Å². The maximum Gasteiger partial charge on any atom is 0.322 e. The molecule has 0 unspecified atom stereocenters. The number of amides is 1. The number of hydrogen-bond acceptors (Lipinski definition) is 7. The van der Waals surface area contributed by atoms with Gasteiger partial charge in [0.15, 0.2) is 0 Å². The highest BCUT2D eigenvalue weighted by molar-refractivity contribution is 8.01. The molecule has 2 rings (SSSR count). The number of thioether (sulfide) groups is 1. The molecule has 9 heteroatoms. The number of nitrogens with two attached hydrogens (primary N) is 1. The maximum absolute atomic E-state index is 11.8. The van der Waals surface area contributed by atoms with Gasteiger partial charge in [-0.3, -0.25) is 14.9 Å². The number of nitrogens with one attached hydrogen (secondary N) is 1. The fraction of sp³-hybridized carbons (Fsp3) is 0.667. The third-order valence-electron chi connectivity index (χ3n) is 3.20. The molecule has 1 amide bonds. The van der Waals surface area contributed by atoms with Crippen LogP contribution in [-0.2, 0) is 9.59 Å². The Hall–Kier alpha value is -1.61. The zero-order chi connectivity index (χ0) is 15.6. The highest BCUT2D eigenvalue weighted by atomic mass is 32.2. The Morgan fingerprint density at radius 3 is 2.76 bits per heavy atom. The first kappa shape index (κ1) is 15.8. The Bertz CT molecular complexity index is 541. The standard InChI is InChI=1S/C12H18N4O4S/c1-12(2,8(13)10(18)19)21-5-7(17)14-11-16-15-9(20-11)6-3-4-6/h6,8H,3-5,13H2,1-2H3,(H,18,19)(H,14,16,17)/t8-/m1/s1. The van der Waals surface area contributed by atoms with E-state index in [2.05, 4.69) is 15.5 Å². The molecule has 0 radical (unpaired) electrons. The van der Waals surface area contributed by atoms with Gasteiger partial charge in [0.1, 0.15) is 6.04 Å². The van der Waals surface area contributed by atoms with Gasteiger partial charge in [-0.2, -0.15) is 0 Å². The summed E-state index contributed by atoms with van der Waals surface area (Å²) in [7, 11) is 0. The minimum Gasteiger partial charge on any atom is -0.480 e. The summed E-state index contributed by atoms with van der Waals surface area (Å²) >= 11 is 1.16. The highest BCUT2D eigenvalue weighted by Gasteiger charge is 2.33. The van der Waals surface area contributed by atoms with Gasteiger partial charge in [0, 0.05) is 10.7 Å². The quantitative estimate of drug-likeness (QED) is 0.673. The first-order chi connectivity index (χ1) is 9.79. The third kappa shape index (κ3) is 4.18. The number of carboxylic acid groups (broad SMARTS) is 1. The molecular weight excluding hydrogens is 296 g/mol. The van der Waals surface area contributed by atoms with Crippen molar-refractivity contribution < 1.29 is 19.1 Å². The van der Waals surface area contributed by atoms with Gasteiger partial charge in [0.2, 0.25) is 11.8 Å². The van der Waals surface area contributed by atoms with Crippen LogP contribution >= 0.6 is 11.8 Å². The summed E-state index contributed by atoms with van der Waals surface area (Å²) in [6.07, 6.45) is 2.07. The van der Waals surface area contributed by atoms with Crippen LogP contribution in [0, 0.1) is 0 Å². The van der Waals surface area contributed by atoms with Crippen LogP contribution < -0.4 is 11.1 Å². The summed E-state index contributed by atoms with van der Waals surface area (Å²) in [6, 6.07) is -0.983. The predicted molar refractivity (Wildman–Crippen MR) is 77.1 cm³/mol. The van der Waals surface area contributed by atoms with Gasteiger partial charge in [-0.05, 0) is 26.7 Å². The number of nitrogens with zero attached hydrogens (tertiary/aromatic N) is 2. The molecule has 0 spiro atoms. The SMILES string of the molecule is CC(C)(SCC(=O)Nc1nnc(C2CC2)o1)[C@H](N)C(=O)O. The molecule has 1 aliphatic carbocycles. The highest BCUT2D eigenvalue weighted by Crippen LogP contribution is 2.39. The average Bonchev–Trinajstić information content (AvgIpc) is 3.16. The summed E-state index contributed by atoms with van der Waals surface area (Å²) in [5.74, 6) is -0.512. The molecule has 1 saturated carbocycles. The van der Waals surface area contributed by atoms with Gasteiger partial charge in [-0.15, -0.1) is 16.9 Å². The van der Waals surface area contributed by atoms with E-state index < -0.39 is 16.8 Å². The summed E-state index contributed by atoms with van der Waals surface area (Å²) in [4.78, 5) is 22.7. The van der Waals surface area contributed by atoms with Crippen LogP contribution in [0.3, 0.4) is 0 Å². The van der Waals surface area contributed by atoms with E-state index in [4.69, 9.17) is 15.3 Å². The molecule has 116 valence electrons. The van der Waals surface area contributed by atoms with E-state index in [9.17, 15) is 9.59 Å². The number of aliphatic carboxylic acids is 1. The second-order valence-electron chi connectivity index (χ2n) is 5.48. The van der Waals surface area contributed by atoms with Crippen LogP contribution in [0.4, 0.5) is 6.01 Å². The Labute approximate surface area is 125 Å². The molecule has 1 aliphatic rings. The number of aromatic nitrogens is 2. The van der Waals surface area contributed by atoms with E-state index in [1.807, 2.05) is 0 Å². The number of carbonyl (C=O) groups excluding carboxylic acids is 1. The zero-order valence-corrected chi connectivity index (χ0v) is 12.6. The minimum absolute atomic E-state index is 0.0507. The average molecular weight is 314 g/mol. The van der Waals surface area contributed by atoms with E-state index in [1.165, 1.54) is 0 Å². The first-order valence-electron chi connectivity index (χ1n) is 6.55. The van der Waals surface area contributed by atoms with Crippen LogP contribution in [0.15, 0.2) is 4.42 Å². The molecule has 4 N–H and O–H groups in total. The summed E-state index contributed by atoms with van der Waals surface area (Å²) in [5, 5.41) is 19.0. The van der Waals surface area contributed by atoms with Crippen LogP contribution in [-0.4, -0.2) is 43.7 Å². The molecular formula is C12H18N4O4S. The van der Waals surface area contributed by atoms with Gasteiger partial charge in [0.25, 0.3) is 0 Å². The molecule has 0 bridgehead atoms. The number of carboxylic acids is 1. The smallest absolute Gasteiger partial charge is 0.322 e. The molecule has 1 heterocycles. The number of carbonyl (C=O) groups is 2. The lowest BCUT2D eigenvalue weighted by molar-refractivity contribution is -0.139. The number of rotatable bonds is 7. The number of hydrogen-bond donors (Lipinski definition) is 3. The van der Waals surface area contributed by atoms with E-state index >= 15 is 0 Å². The van der Waals surface area contributed by atoms with Crippen molar-refractivity contribution in [3.8, 4) is 0 Å². The zero-order valence-electron chi connectivity index (χ0n) is 11.8. The van der Waals surface area contributed by atoms with Gasteiger partial charge < -0.3 is 15.3 Å². The fourth-order valence-electron chi connectivity index (χ4n) is 1.57. The van der Waals surface area contributed by atoms with Gasteiger partial charge in [0.05, 0.1) is 5.75 Å². The minimum atomic E-state index is -1.10.